The first kappa shape index (κ1) is 17.6. The molecule has 1 aliphatic heterocycles. The second-order valence-electron chi connectivity index (χ2n) is 7.21. The van der Waals surface area contributed by atoms with E-state index in [1.807, 2.05) is 37.3 Å². The Morgan fingerprint density at radius 1 is 1.33 bits per heavy atom. The largest absolute Gasteiger partial charge is 0.393 e. The van der Waals surface area contributed by atoms with Crippen LogP contribution in [0.3, 0.4) is 0 Å². The molecule has 3 heterocycles. The highest BCUT2D eigenvalue weighted by atomic mass is 16.3. The van der Waals surface area contributed by atoms with E-state index in [2.05, 4.69) is 15.3 Å². The number of aliphatic hydroxyl groups is 1. The summed E-state index contributed by atoms with van der Waals surface area (Å²) in [6.45, 7) is 4.89. The zero-order chi connectivity index (χ0) is 19.0. The average molecular weight is 365 g/mol. The Morgan fingerprint density at radius 3 is 3.00 bits per heavy atom. The van der Waals surface area contributed by atoms with Crippen LogP contribution in [0, 0.1) is 12.8 Å². The molecular weight excluding hydrogens is 342 g/mol. The topological polar surface area (TPSA) is 84.1 Å². The van der Waals surface area contributed by atoms with Crippen LogP contribution in [0.15, 0.2) is 36.5 Å². The van der Waals surface area contributed by atoms with Gasteiger partial charge in [0.05, 0.1) is 23.0 Å². The molecule has 2 atom stereocenters. The van der Waals surface area contributed by atoms with E-state index in [-0.39, 0.29) is 11.8 Å². The quantitative estimate of drug-likeness (QED) is 0.770. The van der Waals surface area contributed by atoms with Crippen LogP contribution in [0.4, 0.5) is 0 Å². The summed E-state index contributed by atoms with van der Waals surface area (Å²) >= 11 is 0. The molecule has 0 saturated carbocycles. The summed E-state index contributed by atoms with van der Waals surface area (Å²) in [7, 11) is 0. The Kier molecular flexibility index (Phi) is 4.61. The van der Waals surface area contributed by atoms with Crippen LogP contribution in [0.1, 0.15) is 35.9 Å². The van der Waals surface area contributed by atoms with E-state index >= 15 is 0 Å². The monoisotopic (exact) mass is 365 g/mol. The molecule has 1 N–H and O–H groups in total. The maximum Gasteiger partial charge on any atom is 0.276 e. The number of fused-ring (bicyclic) bond motifs is 1. The maximum absolute atomic E-state index is 13.0. The van der Waals surface area contributed by atoms with Gasteiger partial charge in [-0.05, 0) is 51.0 Å². The third-order valence-corrected chi connectivity index (χ3v) is 5.36. The number of hydrogen-bond acceptors (Lipinski definition) is 5. The van der Waals surface area contributed by atoms with Crippen LogP contribution in [-0.4, -0.2) is 55.1 Å². The van der Waals surface area contributed by atoms with E-state index in [0.29, 0.717) is 24.5 Å². The second kappa shape index (κ2) is 7.08. The van der Waals surface area contributed by atoms with Gasteiger partial charge in [0.25, 0.3) is 5.91 Å². The van der Waals surface area contributed by atoms with E-state index in [1.165, 1.54) is 0 Å². The van der Waals surface area contributed by atoms with Gasteiger partial charge in [-0.1, -0.05) is 11.3 Å². The number of likely N-dealkylation sites (tertiary alicyclic amines) is 1. The van der Waals surface area contributed by atoms with Crippen molar-refractivity contribution in [3.05, 3.63) is 47.9 Å². The van der Waals surface area contributed by atoms with Crippen LogP contribution < -0.4 is 0 Å². The Balaban J connectivity index is 1.62. The van der Waals surface area contributed by atoms with Crippen molar-refractivity contribution in [2.45, 2.75) is 32.8 Å². The molecule has 7 nitrogen and oxygen atoms in total. The van der Waals surface area contributed by atoms with Crippen molar-refractivity contribution >= 4 is 16.8 Å². The van der Waals surface area contributed by atoms with Crippen molar-refractivity contribution in [3.63, 3.8) is 0 Å². The van der Waals surface area contributed by atoms with Crippen LogP contribution in [-0.2, 0) is 0 Å². The fourth-order valence-corrected chi connectivity index (χ4v) is 3.70. The van der Waals surface area contributed by atoms with Gasteiger partial charge in [0.15, 0.2) is 5.69 Å². The summed E-state index contributed by atoms with van der Waals surface area (Å²) in [5.41, 5.74) is 2.84. The van der Waals surface area contributed by atoms with Crippen LogP contribution in [0.2, 0.25) is 0 Å². The molecule has 1 aliphatic rings. The highest BCUT2D eigenvalue weighted by Gasteiger charge is 2.29. The number of aromatic nitrogens is 4. The molecule has 1 aromatic carbocycles. The first-order chi connectivity index (χ1) is 13.0. The number of hydrogen-bond donors (Lipinski definition) is 1. The first-order valence-electron chi connectivity index (χ1n) is 9.29. The number of aliphatic hydroxyl groups excluding tert-OH is 1. The molecule has 0 radical (unpaired) electrons. The van der Waals surface area contributed by atoms with Crippen molar-refractivity contribution in [2.75, 3.05) is 13.1 Å². The number of carbonyl (C=O) groups excluding carboxylic acids is 1. The number of carbonyl (C=O) groups is 1. The van der Waals surface area contributed by atoms with Gasteiger partial charge in [-0.25, -0.2) is 4.68 Å². The summed E-state index contributed by atoms with van der Waals surface area (Å²) in [6, 6.07) is 9.74. The number of pyridine rings is 1. The lowest BCUT2D eigenvalue weighted by atomic mass is 9.93. The van der Waals surface area contributed by atoms with Crippen molar-refractivity contribution < 1.29 is 9.90 Å². The van der Waals surface area contributed by atoms with Gasteiger partial charge < -0.3 is 10.0 Å². The third kappa shape index (κ3) is 3.30. The minimum atomic E-state index is -0.413. The van der Waals surface area contributed by atoms with Crippen molar-refractivity contribution in [1.82, 2.24) is 24.9 Å². The summed E-state index contributed by atoms with van der Waals surface area (Å²) in [4.78, 5) is 19.1. The maximum atomic E-state index is 13.0. The molecule has 0 unspecified atom stereocenters. The fraction of sp³-hybridized carbons (Fsp3) is 0.400. The average Bonchev–Trinajstić information content (AvgIpc) is 3.08. The van der Waals surface area contributed by atoms with Crippen molar-refractivity contribution in [3.8, 4) is 5.69 Å². The third-order valence-electron chi connectivity index (χ3n) is 5.36. The van der Waals surface area contributed by atoms with Gasteiger partial charge in [0, 0.05) is 30.6 Å². The van der Waals surface area contributed by atoms with Gasteiger partial charge in [-0.3, -0.25) is 9.78 Å². The van der Waals surface area contributed by atoms with E-state index in [9.17, 15) is 9.90 Å². The first-order valence-corrected chi connectivity index (χ1v) is 9.29. The number of piperidine rings is 1. The Labute approximate surface area is 157 Å². The summed E-state index contributed by atoms with van der Waals surface area (Å²) in [5.74, 6) is -0.00223. The zero-order valence-electron chi connectivity index (χ0n) is 15.5. The molecule has 0 spiro atoms. The molecule has 0 bridgehead atoms. The number of nitrogens with zero attached hydrogens (tertiary/aromatic N) is 5. The lowest BCUT2D eigenvalue weighted by Gasteiger charge is -2.33. The van der Waals surface area contributed by atoms with Gasteiger partial charge in [-0.15, -0.1) is 5.10 Å². The molecule has 0 aliphatic carbocycles. The van der Waals surface area contributed by atoms with Crippen molar-refractivity contribution in [1.29, 1.82) is 0 Å². The minimum Gasteiger partial charge on any atom is -0.393 e. The van der Waals surface area contributed by atoms with E-state index in [0.717, 1.165) is 29.4 Å². The predicted octanol–water partition coefficient (Wildman–Crippen LogP) is 2.36. The van der Waals surface area contributed by atoms with Crippen LogP contribution in [0.25, 0.3) is 16.6 Å². The number of benzene rings is 1. The molecule has 1 fully saturated rings. The number of rotatable bonds is 3. The van der Waals surface area contributed by atoms with Crippen LogP contribution in [0.5, 0.6) is 0 Å². The molecule has 1 saturated heterocycles. The Bertz CT molecular complexity index is 981. The Morgan fingerprint density at radius 2 is 2.19 bits per heavy atom. The lowest BCUT2D eigenvalue weighted by molar-refractivity contribution is 0.0461. The number of amides is 1. The van der Waals surface area contributed by atoms with E-state index in [1.54, 1.807) is 22.7 Å². The predicted molar refractivity (Wildman–Crippen MR) is 102 cm³/mol. The molecule has 2 aromatic heterocycles. The molecular formula is C20H23N5O2. The highest BCUT2D eigenvalue weighted by molar-refractivity contribution is 5.93. The molecule has 4 rings (SSSR count). The van der Waals surface area contributed by atoms with Gasteiger partial charge in [0.2, 0.25) is 0 Å². The second-order valence-corrected chi connectivity index (χ2v) is 7.21. The molecule has 140 valence electrons. The van der Waals surface area contributed by atoms with Crippen molar-refractivity contribution in [2.24, 2.45) is 5.92 Å². The lowest BCUT2D eigenvalue weighted by Crippen LogP contribution is -2.43. The standard InChI is InChI=1S/C20H23N5O2/c1-13-19(20(27)24-10-4-6-16(12-24)14(2)26)22-23-25(13)17-7-8-18-15(11-17)5-3-9-21-18/h3,5,7-9,11,14,16,26H,4,6,10,12H2,1-2H3/t14-,16-/m0/s1. The molecule has 7 heteroatoms. The summed E-state index contributed by atoms with van der Waals surface area (Å²) in [5, 5.41) is 19.2. The summed E-state index contributed by atoms with van der Waals surface area (Å²) < 4.78 is 1.69. The molecule has 27 heavy (non-hydrogen) atoms. The fourth-order valence-electron chi connectivity index (χ4n) is 3.70. The smallest absolute Gasteiger partial charge is 0.276 e. The van der Waals surface area contributed by atoms with Crippen LogP contribution >= 0.6 is 0 Å². The normalized spacial score (nSPS) is 18.6. The Hall–Kier alpha value is -2.80. The zero-order valence-corrected chi connectivity index (χ0v) is 15.5. The minimum absolute atomic E-state index is 0.117. The van der Waals surface area contributed by atoms with Gasteiger partial charge in [-0.2, -0.15) is 0 Å². The van der Waals surface area contributed by atoms with Gasteiger partial charge >= 0.3 is 0 Å². The SMILES string of the molecule is Cc1c(C(=O)N2CCC[C@H]([C@H](C)O)C2)nnn1-c1ccc2ncccc2c1. The molecule has 1 amide bonds. The highest BCUT2D eigenvalue weighted by Crippen LogP contribution is 2.23. The van der Waals surface area contributed by atoms with Gasteiger partial charge in [0.1, 0.15) is 0 Å². The van der Waals surface area contributed by atoms with E-state index in [4.69, 9.17) is 0 Å². The van der Waals surface area contributed by atoms with E-state index < -0.39 is 6.10 Å². The summed E-state index contributed by atoms with van der Waals surface area (Å²) in [6.07, 6.45) is 3.19. The molecule has 3 aromatic rings.